The van der Waals surface area contributed by atoms with Crippen LogP contribution in [0.3, 0.4) is 0 Å². The average molecular weight is 403 g/mol. The molecule has 9 heteroatoms. The van der Waals surface area contributed by atoms with Crippen molar-refractivity contribution < 1.29 is 19.8 Å². The predicted octanol–water partition coefficient (Wildman–Crippen LogP) is 0.972. The maximum Gasteiger partial charge on any atom is 0.354 e. The van der Waals surface area contributed by atoms with Crippen LogP contribution in [-0.2, 0) is 4.79 Å². The number of carbonyl (C=O) groups is 2. The summed E-state index contributed by atoms with van der Waals surface area (Å²) in [4.78, 5) is 37.5. The van der Waals surface area contributed by atoms with Crippen LogP contribution < -0.4 is 0 Å². The quantitative estimate of drug-likeness (QED) is 0.625. The monoisotopic (exact) mass is 403 g/mol. The van der Waals surface area contributed by atoms with E-state index in [1.807, 2.05) is 0 Å². The van der Waals surface area contributed by atoms with Crippen molar-refractivity contribution in [3.8, 4) is 29.0 Å². The summed E-state index contributed by atoms with van der Waals surface area (Å²) in [7, 11) is 1.62. The third kappa shape index (κ3) is 3.64. The second kappa shape index (κ2) is 7.42. The smallest absolute Gasteiger partial charge is 0.354 e. The van der Waals surface area contributed by atoms with Gasteiger partial charge in [-0.3, -0.25) is 9.36 Å². The van der Waals surface area contributed by atoms with Crippen molar-refractivity contribution in [2.24, 2.45) is 0 Å². The Hall–Kier alpha value is -4.03. The van der Waals surface area contributed by atoms with Gasteiger partial charge in [-0.2, -0.15) is 0 Å². The molecule has 0 radical (unpaired) electrons. The van der Waals surface area contributed by atoms with Crippen LogP contribution in [0.25, 0.3) is 17.2 Å². The Kier molecular flexibility index (Phi) is 4.77. The molecule has 9 nitrogen and oxygen atoms in total. The van der Waals surface area contributed by atoms with E-state index in [0.29, 0.717) is 23.5 Å². The van der Waals surface area contributed by atoms with Gasteiger partial charge in [0.15, 0.2) is 11.5 Å². The molecule has 2 aromatic heterocycles. The van der Waals surface area contributed by atoms with Gasteiger partial charge in [0, 0.05) is 49.6 Å². The Morgan fingerprint density at radius 2 is 2.10 bits per heavy atom. The van der Waals surface area contributed by atoms with E-state index in [1.54, 1.807) is 48.3 Å². The van der Waals surface area contributed by atoms with Gasteiger partial charge in [-0.25, -0.2) is 19.7 Å². The van der Waals surface area contributed by atoms with Crippen molar-refractivity contribution in [1.82, 2.24) is 24.4 Å². The number of benzene rings is 1. The number of aliphatic hydroxyl groups is 1. The van der Waals surface area contributed by atoms with Gasteiger partial charge in [-0.05, 0) is 12.1 Å². The minimum absolute atomic E-state index is 0.158. The summed E-state index contributed by atoms with van der Waals surface area (Å²) in [5.74, 6) is 4.46. The normalized spacial score (nSPS) is 18.2. The zero-order valence-electron chi connectivity index (χ0n) is 16.0. The molecule has 1 aliphatic heterocycles. The van der Waals surface area contributed by atoms with Crippen LogP contribution in [0.1, 0.15) is 22.5 Å². The first kappa shape index (κ1) is 19.3. The van der Waals surface area contributed by atoms with Gasteiger partial charge >= 0.3 is 5.97 Å². The fraction of sp³-hybridized carbons (Fsp3) is 0.190. The van der Waals surface area contributed by atoms with Gasteiger partial charge in [-0.1, -0.05) is 24.0 Å². The van der Waals surface area contributed by atoms with Gasteiger partial charge in [0.05, 0.1) is 0 Å². The van der Waals surface area contributed by atoms with Crippen molar-refractivity contribution in [2.75, 3.05) is 13.6 Å². The van der Waals surface area contributed by atoms with Crippen LogP contribution >= 0.6 is 0 Å². The molecule has 150 valence electrons. The first-order valence-corrected chi connectivity index (χ1v) is 9.08. The summed E-state index contributed by atoms with van der Waals surface area (Å²) in [6.07, 6.45) is 4.96. The molecular formula is C21H17N5O4. The van der Waals surface area contributed by atoms with Gasteiger partial charge in [-0.15, -0.1) is 0 Å². The fourth-order valence-electron chi connectivity index (χ4n) is 3.08. The van der Waals surface area contributed by atoms with Gasteiger partial charge < -0.3 is 15.1 Å². The molecule has 0 aliphatic carbocycles. The van der Waals surface area contributed by atoms with Crippen LogP contribution in [-0.4, -0.2) is 65.7 Å². The maximum atomic E-state index is 12.1. The molecule has 1 amide bonds. The second-order valence-electron chi connectivity index (χ2n) is 6.88. The van der Waals surface area contributed by atoms with Crippen LogP contribution in [0.15, 0.2) is 49.1 Å². The van der Waals surface area contributed by atoms with E-state index in [2.05, 4.69) is 26.8 Å². The lowest BCUT2D eigenvalue weighted by molar-refractivity contribution is -0.137. The van der Waals surface area contributed by atoms with Crippen molar-refractivity contribution in [3.63, 3.8) is 0 Å². The molecular weight excluding hydrogens is 386 g/mol. The topological polar surface area (TPSA) is 121 Å². The molecule has 3 aromatic rings. The number of carboxylic acid groups (broad SMARTS) is 1. The molecule has 4 rings (SSSR count). The number of likely N-dealkylation sites (N-methyl/N-ethyl adjacent to an activating group) is 1. The highest BCUT2D eigenvalue weighted by Gasteiger charge is 2.42. The molecule has 3 heterocycles. The standard InChI is InChI=1S/C21H17N5O4/c1-25-9-7-21(30,20(25)29)6-5-14-3-2-4-15(11-14)18-23-16(19(27)28)12-17(24-18)26-10-8-22-13-26/h2-4,8,10-13,30H,7,9H2,1H3,(H,27,28)/t21-/m0/s1. The number of carbonyl (C=O) groups excluding carboxylic acids is 1. The zero-order chi connectivity index (χ0) is 21.3. The third-order valence-electron chi connectivity index (χ3n) is 4.74. The summed E-state index contributed by atoms with van der Waals surface area (Å²) >= 11 is 0. The number of hydrogen-bond donors (Lipinski definition) is 2. The number of aromatic nitrogens is 4. The molecule has 0 bridgehead atoms. The highest BCUT2D eigenvalue weighted by atomic mass is 16.4. The molecule has 1 fully saturated rings. The summed E-state index contributed by atoms with van der Waals surface area (Å²) in [6.45, 7) is 0.441. The molecule has 1 aromatic carbocycles. The minimum atomic E-state index is -1.70. The number of amides is 1. The summed E-state index contributed by atoms with van der Waals surface area (Å²) in [6, 6.07) is 8.21. The lowest BCUT2D eigenvalue weighted by Gasteiger charge is -2.13. The van der Waals surface area contributed by atoms with Crippen LogP contribution in [0.4, 0.5) is 0 Å². The van der Waals surface area contributed by atoms with E-state index >= 15 is 0 Å². The Balaban J connectivity index is 1.72. The third-order valence-corrected chi connectivity index (χ3v) is 4.74. The molecule has 0 spiro atoms. The molecule has 1 aliphatic rings. The summed E-state index contributed by atoms with van der Waals surface area (Å²) in [5.41, 5.74) is -0.766. The summed E-state index contributed by atoms with van der Waals surface area (Å²) < 4.78 is 1.58. The second-order valence-corrected chi connectivity index (χ2v) is 6.88. The van der Waals surface area contributed by atoms with Gasteiger partial charge in [0.25, 0.3) is 5.91 Å². The van der Waals surface area contributed by atoms with E-state index in [4.69, 9.17) is 0 Å². The largest absolute Gasteiger partial charge is 0.477 e. The number of nitrogens with zero attached hydrogens (tertiary/aromatic N) is 5. The minimum Gasteiger partial charge on any atom is -0.477 e. The number of hydrogen-bond acceptors (Lipinski definition) is 6. The SMILES string of the molecule is CN1CC[C@@](O)(C#Cc2cccc(-c3nc(C(=O)O)cc(-n4ccnc4)n3)c2)C1=O. The van der Waals surface area contributed by atoms with E-state index in [1.165, 1.54) is 17.3 Å². The molecule has 2 N–H and O–H groups in total. The Morgan fingerprint density at radius 3 is 2.77 bits per heavy atom. The van der Waals surface area contributed by atoms with Crippen molar-refractivity contribution >= 4 is 11.9 Å². The van der Waals surface area contributed by atoms with E-state index < -0.39 is 17.5 Å². The molecule has 30 heavy (non-hydrogen) atoms. The molecule has 1 atom stereocenters. The van der Waals surface area contributed by atoms with Crippen LogP contribution in [0.2, 0.25) is 0 Å². The molecule has 1 saturated heterocycles. The van der Waals surface area contributed by atoms with Crippen LogP contribution in [0.5, 0.6) is 0 Å². The summed E-state index contributed by atoms with van der Waals surface area (Å²) in [5, 5.41) is 19.9. The van der Waals surface area contributed by atoms with Crippen molar-refractivity contribution in [3.05, 3.63) is 60.3 Å². The zero-order valence-corrected chi connectivity index (χ0v) is 16.0. The highest BCUT2D eigenvalue weighted by molar-refractivity contribution is 5.90. The maximum absolute atomic E-state index is 12.1. The number of rotatable bonds is 3. The number of aromatic carboxylic acids is 1. The Bertz CT molecular complexity index is 1200. The van der Waals surface area contributed by atoms with E-state index in [-0.39, 0.29) is 17.9 Å². The first-order chi connectivity index (χ1) is 14.4. The van der Waals surface area contributed by atoms with Crippen LogP contribution in [0, 0.1) is 11.8 Å². The molecule has 0 unspecified atom stereocenters. The lowest BCUT2D eigenvalue weighted by atomic mass is 10.0. The van der Waals surface area contributed by atoms with Gasteiger partial charge in [0.1, 0.15) is 12.1 Å². The fourth-order valence-corrected chi connectivity index (χ4v) is 3.08. The predicted molar refractivity (Wildman–Crippen MR) is 106 cm³/mol. The Labute approximate surface area is 171 Å². The lowest BCUT2D eigenvalue weighted by Crippen LogP contribution is -2.37. The van der Waals surface area contributed by atoms with E-state index in [9.17, 15) is 19.8 Å². The number of imidazole rings is 1. The average Bonchev–Trinajstić information content (AvgIpc) is 3.38. The Morgan fingerprint density at radius 1 is 1.27 bits per heavy atom. The number of carboxylic acids is 1. The van der Waals surface area contributed by atoms with Crippen molar-refractivity contribution in [1.29, 1.82) is 0 Å². The highest BCUT2D eigenvalue weighted by Crippen LogP contribution is 2.22. The first-order valence-electron chi connectivity index (χ1n) is 9.08. The number of likely N-dealkylation sites (tertiary alicyclic amines) is 1. The van der Waals surface area contributed by atoms with Gasteiger partial charge in [0.2, 0.25) is 5.60 Å². The molecule has 0 saturated carbocycles. The van der Waals surface area contributed by atoms with E-state index in [0.717, 1.165) is 0 Å². The van der Waals surface area contributed by atoms with Crippen molar-refractivity contribution in [2.45, 2.75) is 12.0 Å².